The van der Waals surface area contributed by atoms with Crippen LogP contribution in [0.3, 0.4) is 0 Å². The lowest BCUT2D eigenvalue weighted by Gasteiger charge is -2.38. The second kappa shape index (κ2) is 15.8. The lowest BCUT2D eigenvalue weighted by atomic mass is 9.67. The van der Waals surface area contributed by atoms with Gasteiger partial charge in [0.2, 0.25) is 0 Å². The Labute approximate surface area is 211 Å². The van der Waals surface area contributed by atoms with Gasteiger partial charge in [0.25, 0.3) is 0 Å². The standard InChI is InChI=1S/C30H56O4/c1-7-8-9-10-11-12-13-14-15-18-25(21-20-24(2)23-29(3,4)5)34-28(33)30(6)22-17-16-19-26(30)27(31)32/h24-26H,7-23H2,1-6H3,(H,31,32). The maximum absolute atomic E-state index is 13.3. The molecule has 0 bridgehead atoms. The molecule has 1 rings (SSSR count). The molecule has 4 atom stereocenters. The average Bonchev–Trinajstić information content (AvgIpc) is 2.74. The molecule has 0 spiro atoms. The minimum Gasteiger partial charge on any atom is -0.481 e. The monoisotopic (exact) mass is 480 g/mol. The Bertz CT molecular complexity index is 579. The van der Waals surface area contributed by atoms with Gasteiger partial charge in [0, 0.05) is 0 Å². The molecule has 1 aliphatic carbocycles. The number of ether oxygens (including phenoxy) is 1. The highest BCUT2D eigenvalue weighted by Crippen LogP contribution is 2.43. The van der Waals surface area contributed by atoms with Crippen molar-refractivity contribution in [1.82, 2.24) is 0 Å². The molecular weight excluding hydrogens is 424 g/mol. The van der Waals surface area contributed by atoms with Crippen LogP contribution >= 0.6 is 0 Å². The van der Waals surface area contributed by atoms with Crippen molar-refractivity contribution in [2.75, 3.05) is 0 Å². The van der Waals surface area contributed by atoms with Crippen molar-refractivity contribution in [3.8, 4) is 0 Å². The summed E-state index contributed by atoms with van der Waals surface area (Å²) in [4.78, 5) is 25.1. The van der Waals surface area contributed by atoms with Crippen LogP contribution in [0.5, 0.6) is 0 Å². The van der Waals surface area contributed by atoms with E-state index in [9.17, 15) is 14.7 Å². The summed E-state index contributed by atoms with van der Waals surface area (Å²) in [6.45, 7) is 13.2. The molecule has 1 fully saturated rings. The zero-order valence-corrected chi connectivity index (χ0v) is 23.4. The largest absolute Gasteiger partial charge is 0.481 e. The summed E-state index contributed by atoms with van der Waals surface area (Å²) in [5.41, 5.74) is -0.592. The van der Waals surface area contributed by atoms with Crippen LogP contribution in [-0.2, 0) is 14.3 Å². The van der Waals surface area contributed by atoms with Crippen LogP contribution < -0.4 is 0 Å². The number of rotatable bonds is 17. The number of esters is 1. The molecule has 200 valence electrons. The Morgan fingerprint density at radius 1 is 0.941 bits per heavy atom. The number of carboxylic acids is 1. The van der Waals surface area contributed by atoms with E-state index < -0.39 is 17.3 Å². The molecule has 1 N–H and O–H groups in total. The van der Waals surface area contributed by atoms with Crippen molar-refractivity contribution < 1.29 is 19.4 Å². The van der Waals surface area contributed by atoms with E-state index in [0.717, 1.165) is 44.9 Å². The van der Waals surface area contributed by atoms with Gasteiger partial charge >= 0.3 is 11.9 Å². The fourth-order valence-corrected chi connectivity index (χ4v) is 5.82. The predicted molar refractivity (Wildman–Crippen MR) is 142 cm³/mol. The number of unbranched alkanes of at least 4 members (excludes halogenated alkanes) is 8. The fourth-order valence-electron chi connectivity index (χ4n) is 5.82. The zero-order valence-electron chi connectivity index (χ0n) is 23.4. The normalized spacial score (nSPS) is 22.8. The lowest BCUT2D eigenvalue weighted by molar-refractivity contribution is -0.174. The van der Waals surface area contributed by atoms with Crippen LogP contribution in [0, 0.1) is 22.7 Å². The molecule has 0 radical (unpaired) electrons. The zero-order chi connectivity index (χ0) is 25.6. The predicted octanol–water partition coefficient (Wildman–Crippen LogP) is 8.95. The van der Waals surface area contributed by atoms with Crippen molar-refractivity contribution >= 4 is 11.9 Å². The first-order valence-electron chi connectivity index (χ1n) is 14.4. The third kappa shape index (κ3) is 12.1. The molecule has 0 aromatic rings. The van der Waals surface area contributed by atoms with E-state index in [2.05, 4.69) is 34.6 Å². The van der Waals surface area contributed by atoms with Gasteiger partial charge in [0.15, 0.2) is 0 Å². The fraction of sp³-hybridized carbons (Fsp3) is 0.933. The van der Waals surface area contributed by atoms with E-state index >= 15 is 0 Å². The summed E-state index contributed by atoms with van der Waals surface area (Å²) >= 11 is 0. The van der Waals surface area contributed by atoms with E-state index in [1.807, 2.05) is 6.92 Å². The Balaban J connectivity index is 2.62. The first-order chi connectivity index (χ1) is 16.0. The highest BCUT2D eigenvalue weighted by Gasteiger charge is 2.48. The van der Waals surface area contributed by atoms with E-state index in [1.54, 1.807) is 0 Å². The lowest BCUT2D eigenvalue weighted by Crippen LogP contribution is -2.44. The average molecular weight is 481 g/mol. The quantitative estimate of drug-likeness (QED) is 0.167. The molecule has 1 aliphatic rings. The third-order valence-electron chi connectivity index (χ3n) is 7.82. The van der Waals surface area contributed by atoms with E-state index in [1.165, 1.54) is 51.4 Å². The molecule has 4 nitrogen and oxygen atoms in total. The van der Waals surface area contributed by atoms with Crippen molar-refractivity contribution in [3.63, 3.8) is 0 Å². The molecule has 34 heavy (non-hydrogen) atoms. The summed E-state index contributed by atoms with van der Waals surface area (Å²) in [6, 6.07) is 0. The SMILES string of the molecule is CCCCCCCCCCCC(CCC(C)CC(C)(C)C)OC(=O)C1(C)CCCCC1C(=O)O. The van der Waals surface area contributed by atoms with Crippen molar-refractivity contribution in [2.45, 2.75) is 157 Å². The van der Waals surface area contributed by atoms with Crippen LogP contribution in [0.2, 0.25) is 0 Å². The van der Waals surface area contributed by atoms with Crippen LogP contribution in [0.4, 0.5) is 0 Å². The van der Waals surface area contributed by atoms with Crippen molar-refractivity contribution in [2.24, 2.45) is 22.7 Å². The molecule has 0 aromatic carbocycles. The van der Waals surface area contributed by atoms with Crippen LogP contribution in [0.15, 0.2) is 0 Å². The maximum atomic E-state index is 13.3. The van der Waals surface area contributed by atoms with Gasteiger partial charge in [-0.1, -0.05) is 98.8 Å². The topological polar surface area (TPSA) is 63.6 Å². The number of aliphatic carboxylic acids is 1. The van der Waals surface area contributed by atoms with Gasteiger partial charge in [0.05, 0.1) is 11.3 Å². The summed E-state index contributed by atoms with van der Waals surface area (Å²) in [7, 11) is 0. The Morgan fingerprint density at radius 2 is 1.53 bits per heavy atom. The number of carboxylic acid groups (broad SMARTS) is 1. The van der Waals surface area contributed by atoms with Gasteiger partial charge < -0.3 is 9.84 Å². The Hall–Kier alpha value is -1.06. The van der Waals surface area contributed by atoms with Gasteiger partial charge in [-0.05, 0) is 63.2 Å². The van der Waals surface area contributed by atoms with Crippen molar-refractivity contribution in [1.29, 1.82) is 0 Å². The van der Waals surface area contributed by atoms with E-state index in [-0.39, 0.29) is 12.1 Å². The molecule has 4 unspecified atom stereocenters. The molecular formula is C30H56O4. The van der Waals surface area contributed by atoms with Crippen LogP contribution in [0.1, 0.15) is 151 Å². The van der Waals surface area contributed by atoms with Crippen LogP contribution in [0.25, 0.3) is 0 Å². The summed E-state index contributed by atoms with van der Waals surface area (Å²) in [6.07, 6.45) is 18.4. The highest BCUT2D eigenvalue weighted by molar-refractivity contribution is 5.84. The molecule has 1 saturated carbocycles. The summed E-state index contributed by atoms with van der Waals surface area (Å²) in [5.74, 6) is -1.17. The molecule has 4 heteroatoms. The minimum atomic E-state index is -0.891. The maximum Gasteiger partial charge on any atom is 0.312 e. The second-order valence-electron chi connectivity index (χ2n) is 12.6. The third-order valence-corrected chi connectivity index (χ3v) is 7.82. The minimum absolute atomic E-state index is 0.0901. The molecule has 0 heterocycles. The van der Waals surface area contributed by atoms with Gasteiger partial charge in [-0.2, -0.15) is 0 Å². The van der Waals surface area contributed by atoms with Crippen molar-refractivity contribution in [3.05, 3.63) is 0 Å². The molecule has 0 aliphatic heterocycles. The van der Waals surface area contributed by atoms with E-state index in [0.29, 0.717) is 24.2 Å². The first kappa shape index (κ1) is 31.0. The number of carbonyl (C=O) groups excluding carboxylic acids is 1. The van der Waals surface area contributed by atoms with Gasteiger partial charge in [0.1, 0.15) is 6.10 Å². The number of hydrogen-bond acceptors (Lipinski definition) is 3. The smallest absolute Gasteiger partial charge is 0.312 e. The number of carbonyl (C=O) groups is 2. The van der Waals surface area contributed by atoms with Gasteiger partial charge in [-0.3, -0.25) is 9.59 Å². The van der Waals surface area contributed by atoms with Crippen LogP contribution in [-0.4, -0.2) is 23.1 Å². The summed E-state index contributed by atoms with van der Waals surface area (Å²) < 4.78 is 6.12. The molecule has 0 amide bonds. The molecule has 0 aromatic heterocycles. The van der Waals surface area contributed by atoms with Gasteiger partial charge in [-0.25, -0.2) is 0 Å². The van der Waals surface area contributed by atoms with Gasteiger partial charge in [-0.15, -0.1) is 0 Å². The Morgan fingerprint density at radius 3 is 2.09 bits per heavy atom. The Kier molecular flexibility index (Phi) is 14.4. The summed E-state index contributed by atoms with van der Waals surface area (Å²) in [5, 5.41) is 9.73. The second-order valence-corrected chi connectivity index (χ2v) is 12.6. The molecule has 0 saturated heterocycles. The number of hydrogen-bond donors (Lipinski definition) is 1. The highest BCUT2D eigenvalue weighted by atomic mass is 16.5. The first-order valence-corrected chi connectivity index (χ1v) is 14.4. The van der Waals surface area contributed by atoms with E-state index in [4.69, 9.17) is 4.74 Å².